The number of rotatable bonds is 13. The smallest absolute Gasteiger partial charge is 0.422 e. The van der Waals surface area contributed by atoms with E-state index >= 15 is 0 Å². The highest BCUT2D eigenvalue weighted by Gasteiger charge is 2.45. The van der Waals surface area contributed by atoms with Gasteiger partial charge in [0.15, 0.2) is 6.61 Å². The molecule has 1 fully saturated rings. The van der Waals surface area contributed by atoms with Crippen LogP contribution in [0.1, 0.15) is 58.5 Å². The van der Waals surface area contributed by atoms with E-state index in [9.17, 15) is 32.3 Å². The molecule has 1 saturated carbocycles. The Morgan fingerprint density at radius 3 is 2.22 bits per heavy atom. The molecule has 6 rings (SSSR count). The molecule has 14 nitrogen and oxygen atoms in total. The maximum Gasteiger partial charge on any atom is 0.422 e. The molecule has 4 aromatic rings. The Kier molecular flexibility index (Phi) is 10.6. The number of amides is 3. The number of hydrogen-bond acceptors (Lipinski definition) is 11. The third kappa shape index (κ3) is 9.71. The Bertz CT molecular complexity index is 2080. The van der Waals surface area contributed by atoms with Crippen LogP contribution in [-0.2, 0) is 26.5 Å². The summed E-state index contributed by atoms with van der Waals surface area (Å²) in [6.45, 7) is 2.28. The number of esters is 1. The Balaban J connectivity index is 1.02. The van der Waals surface area contributed by atoms with Gasteiger partial charge < -0.3 is 36.1 Å². The fraction of sp³-hybridized carbons (Fsp3) is 0.306. The number of nitrogens with zero attached hydrogens (tertiary/aromatic N) is 3. The van der Waals surface area contributed by atoms with Gasteiger partial charge in [0.1, 0.15) is 6.61 Å². The maximum atomic E-state index is 13.0. The van der Waals surface area contributed by atoms with Crippen molar-refractivity contribution in [2.24, 2.45) is 5.41 Å². The van der Waals surface area contributed by atoms with Crippen LogP contribution in [0.5, 0.6) is 6.01 Å². The third-order valence-electron chi connectivity index (χ3n) is 8.48. The van der Waals surface area contributed by atoms with E-state index in [0.717, 1.165) is 18.4 Å². The first-order valence-electron chi connectivity index (χ1n) is 16.6. The van der Waals surface area contributed by atoms with E-state index in [2.05, 4.69) is 41.5 Å². The molecule has 0 radical (unpaired) electrons. The molecule has 0 saturated heterocycles. The molecule has 18 heteroatoms. The van der Waals surface area contributed by atoms with Gasteiger partial charge in [0, 0.05) is 40.6 Å². The minimum Gasteiger partial charge on any atom is -0.457 e. The molecule has 0 atom stereocenters. The standard InChI is InChI=1S/C36H34ClF3N8O6/c1-34(2,18-42-28(50)29(51)43-25-11-12-26-21(15-25)16-53-30(26)52)17-41-27(49)20-3-9-24(10-4-20)44-31-45-32(47-33(46-31)54-19-36(38,39)40)48-35(13-14-35)22-5-7-23(37)8-6-22/h3-12,15H,13-14,16-19H2,1-2H3,(H,41,49)(H,42,50)(H,43,51)(H2,44,45,46,47,48). The van der Waals surface area contributed by atoms with Crippen LogP contribution in [0.25, 0.3) is 0 Å². The van der Waals surface area contributed by atoms with Crippen molar-refractivity contribution in [2.75, 3.05) is 35.6 Å². The predicted octanol–water partition coefficient (Wildman–Crippen LogP) is 5.49. The summed E-state index contributed by atoms with van der Waals surface area (Å²) < 4.78 is 48.6. The molecule has 1 aromatic heterocycles. The van der Waals surface area contributed by atoms with E-state index in [4.69, 9.17) is 21.1 Å². The highest BCUT2D eigenvalue weighted by Crippen LogP contribution is 2.48. The summed E-state index contributed by atoms with van der Waals surface area (Å²) in [4.78, 5) is 61.9. The third-order valence-corrected chi connectivity index (χ3v) is 8.74. The number of aromatic nitrogens is 3. The summed E-state index contributed by atoms with van der Waals surface area (Å²) in [5.74, 6) is -2.72. The minimum absolute atomic E-state index is 0.000829. The zero-order valence-electron chi connectivity index (χ0n) is 28.9. The van der Waals surface area contributed by atoms with E-state index in [-0.39, 0.29) is 31.6 Å². The number of anilines is 4. The zero-order chi connectivity index (χ0) is 38.7. The van der Waals surface area contributed by atoms with Gasteiger partial charge in [-0.25, -0.2) is 4.79 Å². The first kappa shape index (κ1) is 37.8. The van der Waals surface area contributed by atoms with Gasteiger partial charge in [-0.2, -0.15) is 28.1 Å². The molecule has 54 heavy (non-hydrogen) atoms. The molecule has 1 aliphatic carbocycles. The molecule has 282 valence electrons. The summed E-state index contributed by atoms with van der Waals surface area (Å²) in [6.07, 6.45) is -3.16. The molecule has 0 spiro atoms. The van der Waals surface area contributed by atoms with Crippen LogP contribution >= 0.6 is 11.6 Å². The lowest BCUT2D eigenvalue weighted by molar-refractivity contribution is -0.154. The van der Waals surface area contributed by atoms with Crippen LogP contribution in [0, 0.1) is 5.41 Å². The van der Waals surface area contributed by atoms with E-state index in [1.165, 1.54) is 24.3 Å². The van der Waals surface area contributed by atoms with Gasteiger partial charge in [0.05, 0.1) is 11.1 Å². The number of hydrogen-bond donors (Lipinski definition) is 5. The number of cyclic esters (lactones) is 1. The zero-order valence-corrected chi connectivity index (χ0v) is 29.7. The monoisotopic (exact) mass is 766 g/mol. The normalized spacial score (nSPS) is 14.3. The van der Waals surface area contributed by atoms with Gasteiger partial charge >= 0.3 is 30.0 Å². The number of fused-ring (bicyclic) bond motifs is 1. The lowest BCUT2D eigenvalue weighted by Crippen LogP contribution is -2.44. The van der Waals surface area contributed by atoms with Crippen molar-refractivity contribution in [3.63, 3.8) is 0 Å². The fourth-order valence-electron chi connectivity index (χ4n) is 5.39. The van der Waals surface area contributed by atoms with Crippen molar-refractivity contribution < 1.29 is 41.8 Å². The van der Waals surface area contributed by atoms with Gasteiger partial charge in [-0.1, -0.05) is 37.6 Å². The average molecular weight is 767 g/mol. The number of carbonyl (C=O) groups is 4. The lowest BCUT2D eigenvalue weighted by atomic mass is 9.93. The summed E-state index contributed by atoms with van der Waals surface area (Å²) in [7, 11) is 0. The summed E-state index contributed by atoms with van der Waals surface area (Å²) in [5.41, 5.74) is 1.80. The second-order valence-corrected chi connectivity index (χ2v) is 14.0. The van der Waals surface area contributed by atoms with Crippen molar-refractivity contribution in [1.82, 2.24) is 25.6 Å². The van der Waals surface area contributed by atoms with Crippen LogP contribution < -0.4 is 31.3 Å². The Hall–Kier alpha value is -5.97. The van der Waals surface area contributed by atoms with E-state index < -0.39 is 53.4 Å². The molecule has 3 amide bonds. The number of ether oxygens (including phenoxy) is 2. The average Bonchev–Trinajstić information content (AvgIpc) is 3.82. The van der Waals surface area contributed by atoms with E-state index in [1.807, 2.05) is 12.1 Å². The largest absolute Gasteiger partial charge is 0.457 e. The van der Waals surface area contributed by atoms with Gasteiger partial charge in [0.2, 0.25) is 11.9 Å². The second kappa shape index (κ2) is 15.2. The number of halogens is 4. The molecule has 5 N–H and O–H groups in total. The fourth-order valence-corrected chi connectivity index (χ4v) is 5.52. The van der Waals surface area contributed by atoms with E-state index in [1.54, 1.807) is 44.2 Å². The number of benzene rings is 3. The second-order valence-electron chi connectivity index (χ2n) is 13.5. The minimum atomic E-state index is -4.62. The molecule has 2 heterocycles. The number of nitrogens with one attached hydrogen (secondary N) is 5. The Morgan fingerprint density at radius 1 is 0.870 bits per heavy atom. The topological polar surface area (TPSA) is 186 Å². The van der Waals surface area contributed by atoms with Crippen LogP contribution in [0.2, 0.25) is 5.02 Å². The molecule has 3 aromatic carbocycles. The van der Waals surface area contributed by atoms with Gasteiger partial charge in [-0.15, -0.1) is 0 Å². The van der Waals surface area contributed by atoms with Crippen LogP contribution in [0.15, 0.2) is 66.7 Å². The first-order chi connectivity index (χ1) is 25.6. The number of carbonyl (C=O) groups excluding carboxylic acids is 4. The van der Waals surface area contributed by atoms with Crippen LogP contribution in [-0.4, -0.2) is 64.5 Å². The van der Waals surface area contributed by atoms with Crippen LogP contribution in [0.3, 0.4) is 0 Å². The van der Waals surface area contributed by atoms with Gasteiger partial charge in [-0.3, -0.25) is 14.4 Å². The predicted molar refractivity (Wildman–Crippen MR) is 190 cm³/mol. The summed E-state index contributed by atoms with van der Waals surface area (Å²) >= 11 is 6.03. The van der Waals surface area contributed by atoms with Gasteiger partial charge in [-0.05, 0) is 78.4 Å². The van der Waals surface area contributed by atoms with Crippen LogP contribution in [0.4, 0.5) is 36.4 Å². The Labute approximate surface area is 311 Å². The highest BCUT2D eigenvalue weighted by molar-refractivity contribution is 6.39. The molecular weight excluding hydrogens is 733 g/mol. The quantitative estimate of drug-likeness (QED) is 0.0856. The highest BCUT2D eigenvalue weighted by atomic mass is 35.5. The van der Waals surface area contributed by atoms with Crippen molar-refractivity contribution >= 4 is 58.6 Å². The van der Waals surface area contributed by atoms with Crippen molar-refractivity contribution in [3.8, 4) is 6.01 Å². The number of alkyl halides is 3. The molecule has 0 bridgehead atoms. The SMILES string of the molecule is CC(C)(CNC(=O)C(=O)Nc1ccc2c(c1)COC2=O)CNC(=O)c1ccc(Nc2nc(NC3(c4ccc(Cl)cc4)CC3)nc(OCC(F)(F)F)n2)cc1. The summed E-state index contributed by atoms with van der Waals surface area (Å²) in [6, 6.07) is 17.4. The van der Waals surface area contributed by atoms with Gasteiger partial charge in [0.25, 0.3) is 5.91 Å². The molecule has 1 aliphatic heterocycles. The molecular formula is C36H34ClF3N8O6. The first-order valence-corrected chi connectivity index (χ1v) is 17.0. The molecule has 2 aliphatic rings. The van der Waals surface area contributed by atoms with Crippen molar-refractivity contribution in [3.05, 3.63) is 94.0 Å². The van der Waals surface area contributed by atoms with Crippen molar-refractivity contribution in [2.45, 2.75) is 45.0 Å². The summed E-state index contributed by atoms with van der Waals surface area (Å²) in [5, 5.41) is 14.5. The lowest BCUT2D eigenvalue weighted by Gasteiger charge is -2.25. The molecule has 0 unspecified atom stereocenters. The maximum absolute atomic E-state index is 13.0. The van der Waals surface area contributed by atoms with Crippen molar-refractivity contribution in [1.29, 1.82) is 0 Å². The Morgan fingerprint density at radius 2 is 1.54 bits per heavy atom. The van der Waals surface area contributed by atoms with E-state index in [0.29, 0.717) is 33.1 Å².